The van der Waals surface area contributed by atoms with Crippen LogP contribution in [0.3, 0.4) is 0 Å². The van der Waals surface area contributed by atoms with Crippen molar-refractivity contribution in [3.63, 3.8) is 0 Å². The number of nitrogens with two attached hydrogens (primary N) is 1. The molecule has 0 spiro atoms. The van der Waals surface area contributed by atoms with E-state index < -0.39 is 0 Å². The molecule has 0 aliphatic rings. The fraction of sp³-hybridized carbons (Fsp3) is 0.118. The Bertz CT molecular complexity index is 817. The maximum absolute atomic E-state index is 5.81. The van der Waals surface area contributed by atoms with Gasteiger partial charge in [-0.3, -0.25) is 0 Å². The van der Waals surface area contributed by atoms with Crippen molar-refractivity contribution >= 4 is 17.6 Å². The molecule has 1 heterocycles. The van der Waals surface area contributed by atoms with E-state index in [1.807, 2.05) is 55.5 Å². The molecule has 0 saturated carbocycles. The van der Waals surface area contributed by atoms with Crippen LogP contribution < -0.4 is 15.8 Å². The molecule has 0 fully saturated rings. The van der Waals surface area contributed by atoms with E-state index in [9.17, 15) is 0 Å². The lowest BCUT2D eigenvalue weighted by molar-refractivity contribution is 0.415. The van der Waals surface area contributed by atoms with Crippen molar-refractivity contribution in [2.45, 2.75) is 6.92 Å². The molecule has 0 aliphatic heterocycles. The Hall–Kier alpha value is -3.15. The van der Waals surface area contributed by atoms with Crippen molar-refractivity contribution in [3.05, 3.63) is 54.1 Å². The van der Waals surface area contributed by atoms with Crippen molar-refractivity contribution in [1.82, 2.24) is 15.0 Å². The maximum atomic E-state index is 5.81. The number of aromatic nitrogens is 3. The van der Waals surface area contributed by atoms with Crippen LogP contribution in [0.5, 0.6) is 5.75 Å². The Morgan fingerprint density at radius 1 is 1.00 bits per heavy atom. The third-order valence-electron chi connectivity index (χ3n) is 3.29. The zero-order valence-corrected chi connectivity index (χ0v) is 12.9. The molecule has 2 aromatic carbocycles. The zero-order valence-electron chi connectivity index (χ0n) is 12.9. The van der Waals surface area contributed by atoms with Crippen LogP contribution in [0, 0.1) is 6.92 Å². The number of aryl methyl sites for hydroxylation is 1. The smallest absolute Gasteiger partial charge is 0.232 e. The molecule has 1 aromatic heterocycles. The Morgan fingerprint density at radius 2 is 1.78 bits per heavy atom. The van der Waals surface area contributed by atoms with E-state index in [2.05, 4.69) is 20.3 Å². The number of nitrogen functional groups attached to an aromatic ring is 1. The largest absolute Gasteiger partial charge is 0.497 e. The van der Waals surface area contributed by atoms with Crippen molar-refractivity contribution < 1.29 is 4.74 Å². The summed E-state index contributed by atoms with van der Waals surface area (Å²) in [6, 6.07) is 15.4. The molecule has 23 heavy (non-hydrogen) atoms. The van der Waals surface area contributed by atoms with Crippen LogP contribution >= 0.6 is 0 Å². The van der Waals surface area contributed by atoms with E-state index in [4.69, 9.17) is 10.5 Å². The first-order chi connectivity index (χ1) is 11.1. The summed E-state index contributed by atoms with van der Waals surface area (Å²) in [6.45, 7) is 2.03. The number of nitrogens with zero attached hydrogens (tertiary/aromatic N) is 3. The predicted octanol–water partition coefficient (Wildman–Crippen LogP) is 3.18. The molecule has 6 heteroatoms. The third-order valence-corrected chi connectivity index (χ3v) is 3.29. The maximum Gasteiger partial charge on any atom is 0.232 e. The van der Waals surface area contributed by atoms with Gasteiger partial charge in [-0.05, 0) is 31.2 Å². The summed E-state index contributed by atoms with van der Waals surface area (Å²) < 4.78 is 5.23. The number of hydrogen-bond acceptors (Lipinski definition) is 6. The Labute approximate surface area is 134 Å². The molecule has 0 amide bonds. The zero-order chi connectivity index (χ0) is 16.2. The minimum absolute atomic E-state index is 0.160. The lowest BCUT2D eigenvalue weighted by Crippen LogP contribution is -2.05. The monoisotopic (exact) mass is 307 g/mol. The van der Waals surface area contributed by atoms with Gasteiger partial charge in [0.05, 0.1) is 7.11 Å². The van der Waals surface area contributed by atoms with E-state index >= 15 is 0 Å². The molecule has 0 aliphatic carbocycles. The third kappa shape index (κ3) is 3.55. The highest BCUT2D eigenvalue weighted by Gasteiger charge is 2.08. The van der Waals surface area contributed by atoms with Crippen LogP contribution in [0.1, 0.15) is 5.56 Å². The van der Waals surface area contributed by atoms with E-state index in [0.717, 1.165) is 17.0 Å². The summed E-state index contributed by atoms with van der Waals surface area (Å²) in [7, 11) is 1.62. The van der Waals surface area contributed by atoms with Gasteiger partial charge in [-0.15, -0.1) is 0 Å². The van der Waals surface area contributed by atoms with Crippen molar-refractivity contribution in [1.29, 1.82) is 0 Å². The van der Waals surface area contributed by atoms with Gasteiger partial charge in [0.25, 0.3) is 0 Å². The molecular weight excluding hydrogens is 290 g/mol. The fourth-order valence-corrected chi connectivity index (χ4v) is 2.11. The van der Waals surface area contributed by atoms with E-state index in [0.29, 0.717) is 11.8 Å². The predicted molar refractivity (Wildman–Crippen MR) is 90.7 cm³/mol. The summed E-state index contributed by atoms with van der Waals surface area (Å²) in [4.78, 5) is 12.8. The normalized spacial score (nSPS) is 10.3. The molecule has 0 atom stereocenters. The highest BCUT2D eigenvalue weighted by atomic mass is 16.5. The lowest BCUT2D eigenvalue weighted by atomic mass is 10.2. The van der Waals surface area contributed by atoms with Gasteiger partial charge in [0, 0.05) is 11.3 Å². The van der Waals surface area contributed by atoms with E-state index in [1.165, 1.54) is 5.56 Å². The van der Waals surface area contributed by atoms with Crippen LogP contribution in [-0.4, -0.2) is 22.1 Å². The van der Waals surface area contributed by atoms with Crippen molar-refractivity contribution in [3.8, 4) is 17.1 Å². The summed E-state index contributed by atoms with van der Waals surface area (Å²) >= 11 is 0. The summed E-state index contributed by atoms with van der Waals surface area (Å²) in [5.74, 6) is 1.78. The molecule has 6 nitrogen and oxygen atoms in total. The van der Waals surface area contributed by atoms with Gasteiger partial charge in [0.15, 0.2) is 5.82 Å². The molecule has 0 saturated heterocycles. The number of rotatable bonds is 4. The second-order valence-electron chi connectivity index (χ2n) is 5.06. The molecule has 0 unspecified atom stereocenters. The highest BCUT2D eigenvalue weighted by Crippen LogP contribution is 2.23. The molecular formula is C17H17N5O. The summed E-state index contributed by atoms with van der Waals surface area (Å²) in [5.41, 5.74) is 8.69. The van der Waals surface area contributed by atoms with Crippen LogP contribution in [0.4, 0.5) is 17.6 Å². The molecule has 3 rings (SSSR count). The average molecular weight is 307 g/mol. The quantitative estimate of drug-likeness (QED) is 0.770. The van der Waals surface area contributed by atoms with Crippen LogP contribution in [0.25, 0.3) is 11.4 Å². The first kappa shape index (κ1) is 14.8. The van der Waals surface area contributed by atoms with Gasteiger partial charge in [-0.25, -0.2) is 0 Å². The van der Waals surface area contributed by atoms with E-state index in [1.54, 1.807) is 7.11 Å². The SMILES string of the molecule is COc1cccc(-c2nc(N)nc(Nc3ccc(C)cc3)n2)c1. The van der Waals surface area contributed by atoms with Crippen LogP contribution in [0.15, 0.2) is 48.5 Å². The minimum atomic E-state index is 0.160. The van der Waals surface area contributed by atoms with Gasteiger partial charge in [0.1, 0.15) is 5.75 Å². The number of hydrogen-bond donors (Lipinski definition) is 2. The Morgan fingerprint density at radius 3 is 2.52 bits per heavy atom. The van der Waals surface area contributed by atoms with Gasteiger partial charge in [-0.1, -0.05) is 29.8 Å². The molecule has 0 bridgehead atoms. The van der Waals surface area contributed by atoms with Crippen molar-refractivity contribution in [2.75, 3.05) is 18.2 Å². The number of benzene rings is 2. The standard InChI is InChI=1S/C17H17N5O/c1-11-6-8-13(9-7-11)19-17-21-15(20-16(18)22-17)12-4-3-5-14(10-12)23-2/h3-10H,1-2H3,(H3,18,19,20,21,22). The second-order valence-corrected chi connectivity index (χ2v) is 5.06. The molecule has 3 aromatic rings. The number of methoxy groups -OCH3 is 1. The summed E-state index contributed by atoms with van der Waals surface area (Å²) in [5, 5.41) is 3.14. The molecule has 0 radical (unpaired) electrons. The van der Waals surface area contributed by atoms with E-state index in [-0.39, 0.29) is 5.95 Å². The average Bonchev–Trinajstić information content (AvgIpc) is 2.56. The fourth-order valence-electron chi connectivity index (χ4n) is 2.11. The molecule has 116 valence electrons. The van der Waals surface area contributed by atoms with Crippen LogP contribution in [-0.2, 0) is 0 Å². The van der Waals surface area contributed by atoms with Gasteiger partial charge < -0.3 is 15.8 Å². The number of anilines is 3. The topological polar surface area (TPSA) is 86.0 Å². The lowest BCUT2D eigenvalue weighted by Gasteiger charge is -2.08. The second kappa shape index (κ2) is 6.31. The number of ether oxygens (including phenoxy) is 1. The number of nitrogens with one attached hydrogen (secondary N) is 1. The first-order valence-corrected chi connectivity index (χ1v) is 7.14. The van der Waals surface area contributed by atoms with Gasteiger partial charge in [0.2, 0.25) is 11.9 Å². The minimum Gasteiger partial charge on any atom is -0.497 e. The Kier molecular flexibility index (Phi) is 4.05. The highest BCUT2D eigenvalue weighted by molar-refractivity contribution is 5.62. The van der Waals surface area contributed by atoms with Gasteiger partial charge in [-0.2, -0.15) is 15.0 Å². The van der Waals surface area contributed by atoms with Crippen molar-refractivity contribution in [2.24, 2.45) is 0 Å². The molecule has 3 N–H and O–H groups in total. The van der Waals surface area contributed by atoms with Crippen LogP contribution in [0.2, 0.25) is 0 Å². The summed E-state index contributed by atoms with van der Waals surface area (Å²) in [6.07, 6.45) is 0. The Balaban J connectivity index is 1.93. The van der Waals surface area contributed by atoms with Gasteiger partial charge >= 0.3 is 0 Å². The first-order valence-electron chi connectivity index (χ1n) is 7.14.